The molecule has 4 aromatic rings. The maximum Gasteiger partial charge on any atom is 0.226 e. The summed E-state index contributed by atoms with van der Waals surface area (Å²) in [5.41, 5.74) is 5.59. The van der Waals surface area contributed by atoms with Gasteiger partial charge in [0.25, 0.3) is 0 Å². The lowest BCUT2D eigenvalue weighted by atomic mass is 10.1. The Morgan fingerprint density at radius 2 is 1.91 bits per heavy atom. The molecule has 0 fully saturated rings. The fourth-order valence-corrected chi connectivity index (χ4v) is 4.41. The first-order valence-corrected chi connectivity index (χ1v) is 11.2. The van der Waals surface area contributed by atoms with Gasteiger partial charge in [-0.3, -0.25) is 9.59 Å². The number of nitrogens with zero attached hydrogens (tertiary/aromatic N) is 4. The number of carbonyl (C=O) groups is 2. The standard InChI is InChI=1S/C23H23FN6O2S/c1-12-9-21-25-13(2)17(14(3)30(21)29-12)7-8-22(32)28-23-27-20(11-33-23)18-6-5-16(10-19(18)24)26-15(4)31/h5-6,9-11H,7-8H2,1-4H3,(H,26,31)(H,27,28,32). The van der Waals surface area contributed by atoms with Gasteiger partial charge in [-0.1, -0.05) is 0 Å². The molecule has 0 spiro atoms. The van der Waals surface area contributed by atoms with E-state index in [-0.39, 0.29) is 18.2 Å². The number of aryl methyl sites for hydroxylation is 3. The average Bonchev–Trinajstić information content (AvgIpc) is 3.33. The highest BCUT2D eigenvalue weighted by Crippen LogP contribution is 2.29. The van der Waals surface area contributed by atoms with Crippen molar-refractivity contribution < 1.29 is 14.0 Å². The zero-order valence-corrected chi connectivity index (χ0v) is 19.5. The highest BCUT2D eigenvalue weighted by Gasteiger charge is 2.15. The van der Waals surface area contributed by atoms with Crippen LogP contribution in [0.3, 0.4) is 0 Å². The predicted molar refractivity (Wildman–Crippen MR) is 126 cm³/mol. The van der Waals surface area contributed by atoms with Gasteiger partial charge in [0.2, 0.25) is 11.8 Å². The summed E-state index contributed by atoms with van der Waals surface area (Å²) >= 11 is 1.22. The van der Waals surface area contributed by atoms with E-state index < -0.39 is 5.82 Å². The number of amides is 2. The summed E-state index contributed by atoms with van der Waals surface area (Å²) in [6.45, 7) is 7.18. The van der Waals surface area contributed by atoms with Gasteiger partial charge in [0.05, 0.1) is 11.4 Å². The number of fused-ring (bicyclic) bond motifs is 1. The summed E-state index contributed by atoms with van der Waals surface area (Å²) in [7, 11) is 0. The summed E-state index contributed by atoms with van der Waals surface area (Å²) in [4.78, 5) is 32.6. The molecule has 0 radical (unpaired) electrons. The molecule has 0 aliphatic rings. The Morgan fingerprint density at radius 1 is 1.12 bits per heavy atom. The molecule has 3 heterocycles. The summed E-state index contributed by atoms with van der Waals surface area (Å²) in [6.07, 6.45) is 0.770. The fourth-order valence-electron chi connectivity index (χ4n) is 3.68. The molecule has 2 N–H and O–H groups in total. The Balaban J connectivity index is 1.42. The molecule has 0 bridgehead atoms. The molecular formula is C23H23FN6O2S. The molecule has 0 atom stereocenters. The third-order valence-corrected chi connectivity index (χ3v) is 5.96. The van der Waals surface area contributed by atoms with Crippen LogP contribution in [-0.2, 0) is 16.0 Å². The van der Waals surface area contributed by atoms with E-state index in [2.05, 4.69) is 25.7 Å². The fraction of sp³-hybridized carbons (Fsp3) is 0.261. The Kier molecular flexibility index (Phi) is 6.19. The van der Waals surface area contributed by atoms with E-state index in [1.165, 1.54) is 24.3 Å². The van der Waals surface area contributed by atoms with Crippen molar-refractivity contribution >= 4 is 39.6 Å². The van der Waals surface area contributed by atoms with Crippen LogP contribution in [0.5, 0.6) is 0 Å². The normalized spacial score (nSPS) is 11.1. The largest absolute Gasteiger partial charge is 0.326 e. The maximum absolute atomic E-state index is 14.5. The smallest absolute Gasteiger partial charge is 0.226 e. The summed E-state index contributed by atoms with van der Waals surface area (Å²) < 4.78 is 16.3. The van der Waals surface area contributed by atoms with Crippen molar-refractivity contribution in [3.63, 3.8) is 0 Å². The molecule has 0 aliphatic heterocycles. The first-order chi connectivity index (χ1) is 15.7. The lowest BCUT2D eigenvalue weighted by molar-refractivity contribution is -0.116. The van der Waals surface area contributed by atoms with E-state index >= 15 is 0 Å². The van der Waals surface area contributed by atoms with Gasteiger partial charge in [-0.15, -0.1) is 11.3 Å². The van der Waals surface area contributed by atoms with Crippen LogP contribution in [0.4, 0.5) is 15.2 Å². The topological polar surface area (TPSA) is 101 Å². The Hall–Kier alpha value is -3.66. The van der Waals surface area contributed by atoms with E-state index in [4.69, 9.17) is 0 Å². The molecule has 8 nitrogen and oxygen atoms in total. The van der Waals surface area contributed by atoms with Crippen LogP contribution in [0.2, 0.25) is 0 Å². The Labute approximate surface area is 193 Å². The third kappa shape index (κ3) is 4.90. The highest BCUT2D eigenvalue weighted by atomic mass is 32.1. The van der Waals surface area contributed by atoms with Crippen LogP contribution in [0.25, 0.3) is 16.9 Å². The first-order valence-electron chi connectivity index (χ1n) is 10.4. The lowest BCUT2D eigenvalue weighted by Crippen LogP contribution is -2.14. The van der Waals surface area contributed by atoms with Gasteiger partial charge in [0, 0.05) is 47.4 Å². The number of halogens is 1. The zero-order chi connectivity index (χ0) is 23.7. The molecular weight excluding hydrogens is 443 g/mol. The van der Waals surface area contributed by atoms with E-state index in [1.54, 1.807) is 22.0 Å². The highest BCUT2D eigenvalue weighted by molar-refractivity contribution is 7.14. The first kappa shape index (κ1) is 22.5. The molecule has 0 aliphatic carbocycles. The zero-order valence-electron chi connectivity index (χ0n) is 18.7. The lowest BCUT2D eigenvalue weighted by Gasteiger charge is -2.10. The van der Waals surface area contributed by atoms with Crippen LogP contribution in [-0.4, -0.2) is 31.4 Å². The molecule has 0 unspecified atom stereocenters. The number of hydrogen-bond acceptors (Lipinski definition) is 6. The second kappa shape index (κ2) is 9.07. The molecule has 0 saturated carbocycles. The number of anilines is 2. The summed E-state index contributed by atoms with van der Waals surface area (Å²) in [5.74, 6) is -0.971. The maximum atomic E-state index is 14.5. The van der Waals surface area contributed by atoms with Crippen LogP contribution < -0.4 is 10.6 Å². The molecule has 0 saturated heterocycles. The molecule has 170 valence electrons. The SMILES string of the molecule is CC(=O)Nc1ccc(-c2csc(NC(=O)CCc3c(C)nc4cc(C)nn4c3C)n2)c(F)c1. The summed E-state index contributed by atoms with van der Waals surface area (Å²) in [5, 5.41) is 11.9. The Bertz CT molecular complexity index is 1380. The van der Waals surface area contributed by atoms with Crippen LogP contribution in [0.15, 0.2) is 29.6 Å². The molecule has 2 amide bonds. The second-order valence-corrected chi connectivity index (χ2v) is 8.64. The van der Waals surface area contributed by atoms with Gasteiger partial charge in [0.1, 0.15) is 5.82 Å². The minimum atomic E-state index is -0.507. The van der Waals surface area contributed by atoms with E-state index in [0.717, 1.165) is 28.3 Å². The van der Waals surface area contributed by atoms with Crippen molar-refractivity contribution in [1.29, 1.82) is 0 Å². The molecule has 4 rings (SSSR count). The number of aromatic nitrogens is 4. The Morgan fingerprint density at radius 3 is 2.64 bits per heavy atom. The number of hydrogen-bond donors (Lipinski definition) is 2. The number of carbonyl (C=O) groups excluding carboxylic acids is 2. The molecule has 33 heavy (non-hydrogen) atoms. The number of rotatable bonds is 6. The quantitative estimate of drug-likeness (QED) is 0.437. The van der Waals surface area contributed by atoms with E-state index in [9.17, 15) is 14.0 Å². The van der Waals surface area contributed by atoms with E-state index in [0.29, 0.717) is 28.5 Å². The van der Waals surface area contributed by atoms with Crippen LogP contribution >= 0.6 is 11.3 Å². The van der Waals surface area contributed by atoms with Gasteiger partial charge in [-0.05, 0) is 51.0 Å². The van der Waals surface area contributed by atoms with Crippen molar-refractivity contribution in [3.8, 4) is 11.3 Å². The van der Waals surface area contributed by atoms with Gasteiger partial charge in [-0.25, -0.2) is 18.9 Å². The van der Waals surface area contributed by atoms with Gasteiger partial charge < -0.3 is 10.6 Å². The van der Waals surface area contributed by atoms with Gasteiger partial charge >= 0.3 is 0 Å². The summed E-state index contributed by atoms with van der Waals surface area (Å²) in [6, 6.07) is 6.32. The van der Waals surface area contributed by atoms with Gasteiger partial charge in [0.15, 0.2) is 10.8 Å². The molecule has 3 aromatic heterocycles. The second-order valence-electron chi connectivity index (χ2n) is 7.78. The molecule has 10 heteroatoms. The third-order valence-electron chi connectivity index (χ3n) is 5.20. The minimum absolute atomic E-state index is 0.187. The average molecular weight is 467 g/mol. The van der Waals surface area contributed by atoms with E-state index in [1.807, 2.05) is 26.8 Å². The number of nitrogens with one attached hydrogen (secondary N) is 2. The van der Waals surface area contributed by atoms with Crippen molar-refractivity contribution in [2.75, 3.05) is 10.6 Å². The van der Waals surface area contributed by atoms with Crippen LogP contribution in [0.1, 0.15) is 36.0 Å². The van der Waals surface area contributed by atoms with Crippen molar-refractivity contribution in [2.45, 2.75) is 40.5 Å². The number of thiazole rings is 1. The van der Waals surface area contributed by atoms with Crippen molar-refractivity contribution in [1.82, 2.24) is 19.6 Å². The number of benzene rings is 1. The van der Waals surface area contributed by atoms with Crippen LogP contribution in [0, 0.1) is 26.6 Å². The van der Waals surface area contributed by atoms with Crippen molar-refractivity contribution in [3.05, 3.63) is 58.1 Å². The van der Waals surface area contributed by atoms with Gasteiger partial charge in [-0.2, -0.15) is 5.10 Å². The minimum Gasteiger partial charge on any atom is -0.326 e. The predicted octanol–water partition coefficient (Wildman–Crippen LogP) is 4.45. The monoisotopic (exact) mass is 466 g/mol. The molecule has 1 aromatic carbocycles. The van der Waals surface area contributed by atoms with Crippen molar-refractivity contribution in [2.24, 2.45) is 0 Å².